The lowest BCUT2D eigenvalue weighted by Crippen LogP contribution is -2.11. The van der Waals surface area contributed by atoms with Gasteiger partial charge in [-0.2, -0.15) is 10.4 Å². The Morgan fingerprint density at radius 3 is 2.68 bits per heavy atom. The largest absolute Gasteiger partial charge is 0.477 e. The molecule has 0 fully saturated rings. The summed E-state index contributed by atoms with van der Waals surface area (Å²) in [5.74, 6) is -0.307. The van der Waals surface area contributed by atoms with E-state index in [1.807, 2.05) is 49.1 Å². The Labute approximate surface area is 128 Å². The molecule has 0 spiro atoms. The molecule has 0 aromatic carbocycles. The first kappa shape index (κ1) is 15.6. The third-order valence-corrected chi connectivity index (χ3v) is 3.49. The van der Waals surface area contributed by atoms with Gasteiger partial charge in [-0.05, 0) is 45.4 Å². The Bertz CT molecular complexity index is 788. The number of rotatable bonds is 4. The maximum atomic E-state index is 11.0. The minimum atomic E-state index is -1.22. The molecule has 0 saturated carbocycles. The van der Waals surface area contributed by atoms with E-state index in [-0.39, 0.29) is 11.6 Å². The van der Waals surface area contributed by atoms with E-state index in [9.17, 15) is 4.79 Å². The summed E-state index contributed by atoms with van der Waals surface area (Å²) >= 11 is 0. The van der Waals surface area contributed by atoms with Crippen molar-refractivity contribution >= 4 is 12.0 Å². The van der Waals surface area contributed by atoms with Crippen molar-refractivity contribution in [2.45, 2.75) is 33.7 Å². The third kappa shape index (κ3) is 2.66. The van der Waals surface area contributed by atoms with E-state index in [1.54, 1.807) is 12.3 Å². The standard InChI is InChI=1S/C16H18N4O2/c1-10(2)20-15(5-6-18-20)19-11(3)7-13(12(19)4)8-14(9-17)16(21)22/h5-8,10H,1-4H3,(H,21,22)/b14-8+. The smallest absolute Gasteiger partial charge is 0.346 e. The number of carboxylic acid groups (broad SMARTS) is 1. The molecule has 0 bridgehead atoms. The summed E-state index contributed by atoms with van der Waals surface area (Å²) in [6.07, 6.45) is 3.14. The number of carbonyl (C=O) groups is 1. The van der Waals surface area contributed by atoms with Crippen molar-refractivity contribution in [2.24, 2.45) is 0 Å². The lowest BCUT2D eigenvalue weighted by atomic mass is 10.1. The third-order valence-electron chi connectivity index (χ3n) is 3.49. The molecule has 0 aliphatic rings. The summed E-state index contributed by atoms with van der Waals surface area (Å²) < 4.78 is 3.91. The number of hydrogen-bond acceptors (Lipinski definition) is 3. The molecule has 1 N–H and O–H groups in total. The molecule has 114 valence electrons. The number of aromatic nitrogens is 3. The highest BCUT2D eigenvalue weighted by Gasteiger charge is 2.16. The fraction of sp³-hybridized carbons (Fsp3) is 0.312. The lowest BCUT2D eigenvalue weighted by Gasteiger charge is -2.15. The van der Waals surface area contributed by atoms with Crippen molar-refractivity contribution in [3.8, 4) is 11.9 Å². The summed E-state index contributed by atoms with van der Waals surface area (Å²) in [6, 6.07) is 5.69. The molecule has 0 aliphatic carbocycles. The van der Waals surface area contributed by atoms with Crippen LogP contribution in [0.2, 0.25) is 0 Å². The highest BCUT2D eigenvalue weighted by Crippen LogP contribution is 2.24. The molecule has 6 heteroatoms. The zero-order valence-corrected chi connectivity index (χ0v) is 13.0. The normalized spacial score (nSPS) is 11.7. The molecule has 0 saturated heterocycles. The zero-order chi connectivity index (χ0) is 16.4. The Hall–Kier alpha value is -2.81. The SMILES string of the molecule is Cc1cc(/C=C(\C#N)C(=O)O)c(C)n1-c1ccnn1C(C)C. The van der Waals surface area contributed by atoms with Crippen LogP contribution in [0.15, 0.2) is 23.9 Å². The van der Waals surface area contributed by atoms with Crippen LogP contribution in [0.1, 0.15) is 36.8 Å². The first-order valence-electron chi connectivity index (χ1n) is 6.94. The first-order chi connectivity index (χ1) is 10.4. The van der Waals surface area contributed by atoms with Gasteiger partial charge < -0.3 is 9.67 Å². The quantitative estimate of drug-likeness (QED) is 0.695. The van der Waals surface area contributed by atoms with Crippen LogP contribution in [0.4, 0.5) is 0 Å². The van der Waals surface area contributed by atoms with Gasteiger partial charge in [0, 0.05) is 23.5 Å². The maximum Gasteiger partial charge on any atom is 0.346 e. The van der Waals surface area contributed by atoms with Crippen LogP contribution in [0.25, 0.3) is 11.9 Å². The fourth-order valence-corrected chi connectivity index (χ4v) is 2.47. The second-order valence-electron chi connectivity index (χ2n) is 5.36. The number of nitriles is 1. The zero-order valence-electron chi connectivity index (χ0n) is 13.0. The van der Waals surface area contributed by atoms with Crippen molar-refractivity contribution in [2.75, 3.05) is 0 Å². The van der Waals surface area contributed by atoms with Crippen LogP contribution in [-0.4, -0.2) is 25.4 Å². The molecule has 6 nitrogen and oxygen atoms in total. The first-order valence-corrected chi connectivity index (χ1v) is 6.94. The van der Waals surface area contributed by atoms with Gasteiger partial charge in [0.2, 0.25) is 0 Å². The number of aryl methyl sites for hydroxylation is 1. The van der Waals surface area contributed by atoms with Gasteiger partial charge in [0.1, 0.15) is 17.5 Å². The van der Waals surface area contributed by atoms with Gasteiger partial charge >= 0.3 is 5.97 Å². The Kier molecular flexibility index (Phi) is 4.18. The molecule has 0 amide bonds. The minimum absolute atomic E-state index is 0.207. The van der Waals surface area contributed by atoms with Crippen LogP contribution >= 0.6 is 0 Å². The van der Waals surface area contributed by atoms with E-state index in [4.69, 9.17) is 10.4 Å². The molecule has 2 aromatic heterocycles. The monoisotopic (exact) mass is 298 g/mol. The Balaban J connectivity index is 2.60. The molecule has 2 aromatic rings. The van der Waals surface area contributed by atoms with Crippen molar-refractivity contribution in [3.05, 3.63) is 40.9 Å². The van der Waals surface area contributed by atoms with Crippen LogP contribution < -0.4 is 0 Å². The number of hydrogen-bond donors (Lipinski definition) is 1. The minimum Gasteiger partial charge on any atom is -0.477 e. The summed E-state index contributed by atoms with van der Waals surface area (Å²) in [5, 5.41) is 22.2. The van der Waals surface area contributed by atoms with Crippen molar-refractivity contribution < 1.29 is 9.90 Å². The van der Waals surface area contributed by atoms with Crippen LogP contribution in [-0.2, 0) is 4.79 Å². The highest BCUT2D eigenvalue weighted by molar-refractivity contribution is 5.96. The van der Waals surface area contributed by atoms with Gasteiger partial charge in [-0.25, -0.2) is 9.48 Å². The average Bonchev–Trinajstić information content (AvgIpc) is 3.01. The van der Waals surface area contributed by atoms with Gasteiger partial charge in [-0.3, -0.25) is 0 Å². The summed E-state index contributed by atoms with van der Waals surface area (Å²) in [7, 11) is 0. The second kappa shape index (κ2) is 5.90. The van der Waals surface area contributed by atoms with Crippen molar-refractivity contribution in [1.29, 1.82) is 5.26 Å². The van der Waals surface area contributed by atoms with Gasteiger partial charge in [0.25, 0.3) is 0 Å². The molecule has 2 heterocycles. The number of aliphatic carboxylic acids is 1. The molecule has 0 atom stereocenters. The molecule has 22 heavy (non-hydrogen) atoms. The molecule has 0 aliphatic heterocycles. The second-order valence-corrected chi connectivity index (χ2v) is 5.36. The van der Waals surface area contributed by atoms with Gasteiger partial charge in [0.15, 0.2) is 0 Å². The predicted octanol–water partition coefficient (Wildman–Crippen LogP) is 2.86. The molecule has 0 radical (unpaired) electrons. The topological polar surface area (TPSA) is 83.8 Å². The molecule has 0 unspecified atom stereocenters. The van der Waals surface area contributed by atoms with E-state index in [2.05, 4.69) is 5.10 Å². The maximum absolute atomic E-state index is 11.0. The highest BCUT2D eigenvalue weighted by atomic mass is 16.4. The average molecular weight is 298 g/mol. The van der Waals surface area contributed by atoms with E-state index >= 15 is 0 Å². The van der Waals surface area contributed by atoms with Crippen LogP contribution in [0, 0.1) is 25.2 Å². The van der Waals surface area contributed by atoms with Crippen LogP contribution in [0.3, 0.4) is 0 Å². The van der Waals surface area contributed by atoms with Crippen molar-refractivity contribution in [1.82, 2.24) is 14.3 Å². The van der Waals surface area contributed by atoms with E-state index in [0.29, 0.717) is 5.56 Å². The van der Waals surface area contributed by atoms with Crippen molar-refractivity contribution in [3.63, 3.8) is 0 Å². The number of carboxylic acids is 1. The lowest BCUT2D eigenvalue weighted by molar-refractivity contribution is -0.132. The van der Waals surface area contributed by atoms with Crippen LogP contribution in [0.5, 0.6) is 0 Å². The van der Waals surface area contributed by atoms with E-state index in [1.165, 1.54) is 6.08 Å². The molecular formula is C16H18N4O2. The van der Waals surface area contributed by atoms with Gasteiger partial charge in [0.05, 0.1) is 6.20 Å². The van der Waals surface area contributed by atoms with Gasteiger partial charge in [-0.1, -0.05) is 0 Å². The molecule has 2 rings (SSSR count). The Morgan fingerprint density at radius 1 is 1.45 bits per heavy atom. The summed E-state index contributed by atoms with van der Waals surface area (Å²) in [6.45, 7) is 7.93. The fourth-order valence-electron chi connectivity index (χ4n) is 2.47. The van der Waals surface area contributed by atoms with E-state index < -0.39 is 5.97 Å². The predicted molar refractivity (Wildman–Crippen MR) is 82.6 cm³/mol. The van der Waals surface area contributed by atoms with Gasteiger partial charge in [-0.15, -0.1) is 0 Å². The summed E-state index contributed by atoms with van der Waals surface area (Å²) in [5.41, 5.74) is 2.26. The number of nitrogens with zero attached hydrogens (tertiary/aromatic N) is 4. The Morgan fingerprint density at radius 2 is 2.14 bits per heavy atom. The molecular weight excluding hydrogens is 280 g/mol. The summed E-state index contributed by atoms with van der Waals surface area (Å²) in [4.78, 5) is 11.0. The van der Waals surface area contributed by atoms with E-state index in [0.717, 1.165) is 17.2 Å².